The van der Waals surface area contributed by atoms with Crippen LogP contribution in [0.1, 0.15) is 35.4 Å². The van der Waals surface area contributed by atoms with Gasteiger partial charge in [0.05, 0.1) is 5.69 Å². The predicted molar refractivity (Wildman–Crippen MR) is 68.3 cm³/mol. The summed E-state index contributed by atoms with van der Waals surface area (Å²) < 4.78 is 6.88. The van der Waals surface area contributed by atoms with Crippen LogP contribution in [-0.4, -0.2) is 20.7 Å². The molecule has 0 amide bonds. The van der Waals surface area contributed by atoms with Gasteiger partial charge in [-0.3, -0.25) is 0 Å². The van der Waals surface area contributed by atoms with Gasteiger partial charge in [-0.25, -0.2) is 14.5 Å². The smallest absolute Gasteiger partial charge is 0.350 e. The number of aromatic nitrogens is 3. The zero-order chi connectivity index (χ0) is 13.1. The van der Waals surface area contributed by atoms with Crippen LogP contribution in [0.15, 0.2) is 17.8 Å². The molecule has 0 aliphatic rings. The number of carbonyl (C=O) groups excluding carboxylic acids is 1. The Morgan fingerprint density at radius 2 is 2.39 bits per heavy atom. The van der Waals surface area contributed by atoms with E-state index >= 15 is 0 Å². The summed E-state index contributed by atoms with van der Waals surface area (Å²) in [5.41, 5.74) is 6.09. The highest BCUT2D eigenvalue weighted by molar-refractivity contribution is 7.12. The summed E-state index contributed by atoms with van der Waals surface area (Å²) >= 11 is 1.26. The summed E-state index contributed by atoms with van der Waals surface area (Å²) in [6.45, 7) is 4.06. The van der Waals surface area contributed by atoms with E-state index in [1.165, 1.54) is 17.7 Å². The lowest BCUT2D eigenvalue weighted by Gasteiger charge is -2.09. The highest BCUT2D eigenvalue weighted by atomic mass is 32.1. The molecule has 0 bridgehead atoms. The number of nitrogens with two attached hydrogens (primary N) is 1. The number of rotatable bonds is 4. The Labute approximate surface area is 108 Å². The quantitative estimate of drug-likeness (QED) is 0.854. The molecule has 2 aromatic heterocycles. The van der Waals surface area contributed by atoms with Crippen molar-refractivity contribution in [1.29, 1.82) is 0 Å². The lowest BCUT2D eigenvalue weighted by Crippen LogP contribution is -2.12. The van der Waals surface area contributed by atoms with Gasteiger partial charge in [0.15, 0.2) is 12.4 Å². The van der Waals surface area contributed by atoms with Gasteiger partial charge in [0, 0.05) is 6.04 Å². The van der Waals surface area contributed by atoms with Crippen LogP contribution in [0.5, 0.6) is 0 Å². The molecule has 0 aliphatic heterocycles. The Morgan fingerprint density at radius 3 is 3.00 bits per heavy atom. The molecule has 18 heavy (non-hydrogen) atoms. The number of carbonyl (C=O) groups is 1. The first-order valence-electron chi connectivity index (χ1n) is 5.48. The van der Waals surface area contributed by atoms with Gasteiger partial charge in [-0.2, -0.15) is 5.10 Å². The first-order chi connectivity index (χ1) is 8.59. The van der Waals surface area contributed by atoms with Crippen LogP contribution in [0.4, 0.5) is 5.69 Å². The van der Waals surface area contributed by atoms with Crippen LogP contribution in [0.2, 0.25) is 0 Å². The molecule has 0 saturated heterocycles. The van der Waals surface area contributed by atoms with Gasteiger partial charge >= 0.3 is 5.97 Å². The Balaban J connectivity index is 2.02. The molecule has 2 heterocycles. The highest BCUT2D eigenvalue weighted by Crippen LogP contribution is 2.20. The Kier molecular flexibility index (Phi) is 3.61. The molecule has 0 radical (unpaired) electrons. The standard InChI is InChI=1S/C11H14N4O2S/c1-7(2)15-9(13-6-14-15)5-17-11(16)10-8(12)3-4-18-10/h3-4,6-7H,5,12H2,1-2H3. The Morgan fingerprint density at radius 1 is 1.61 bits per heavy atom. The molecule has 0 saturated carbocycles. The van der Waals surface area contributed by atoms with Crippen LogP contribution < -0.4 is 5.73 Å². The third-order valence-corrected chi connectivity index (χ3v) is 3.26. The van der Waals surface area contributed by atoms with Gasteiger partial charge in [0.2, 0.25) is 0 Å². The number of ether oxygens (including phenoxy) is 1. The summed E-state index contributed by atoms with van der Waals surface area (Å²) in [7, 11) is 0. The minimum atomic E-state index is -0.430. The van der Waals surface area contributed by atoms with Gasteiger partial charge in [0.25, 0.3) is 0 Å². The minimum absolute atomic E-state index is 0.0916. The third-order valence-electron chi connectivity index (χ3n) is 2.35. The molecular formula is C11H14N4O2S. The average molecular weight is 266 g/mol. The van der Waals surface area contributed by atoms with Gasteiger partial charge in [-0.05, 0) is 25.3 Å². The highest BCUT2D eigenvalue weighted by Gasteiger charge is 2.15. The van der Waals surface area contributed by atoms with Gasteiger partial charge in [-0.1, -0.05) is 0 Å². The Hall–Kier alpha value is -1.89. The minimum Gasteiger partial charge on any atom is -0.453 e. The molecular weight excluding hydrogens is 252 g/mol. The third kappa shape index (κ3) is 2.51. The topological polar surface area (TPSA) is 83.0 Å². The SMILES string of the molecule is CC(C)n1ncnc1COC(=O)c1sccc1N. The van der Waals surface area contributed by atoms with Gasteiger partial charge < -0.3 is 10.5 Å². The predicted octanol–water partition coefficient (Wildman–Crippen LogP) is 1.86. The van der Waals surface area contributed by atoms with E-state index in [2.05, 4.69) is 10.1 Å². The van der Waals surface area contributed by atoms with E-state index in [9.17, 15) is 4.79 Å². The summed E-state index contributed by atoms with van der Waals surface area (Å²) in [5.74, 6) is 0.189. The van der Waals surface area contributed by atoms with E-state index in [1.807, 2.05) is 13.8 Å². The molecule has 0 atom stereocenters. The molecule has 2 aromatic rings. The van der Waals surface area contributed by atoms with Crippen molar-refractivity contribution in [1.82, 2.24) is 14.8 Å². The monoisotopic (exact) mass is 266 g/mol. The number of hydrogen-bond donors (Lipinski definition) is 1. The molecule has 0 spiro atoms. The van der Waals surface area contributed by atoms with Crippen molar-refractivity contribution < 1.29 is 9.53 Å². The molecule has 7 heteroatoms. The number of thiophene rings is 1. The maximum atomic E-state index is 11.8. The number of anilines is 1. The summed E-state index contributed by atoms with van der Waals surface area (Å²) in [5, 5.41) is 5.82. The van der Waals surface area contributed by atoms with Gasteiger partial charge in [0.1, 0.15) is 11.2 Å². The van der Waals surface area contributed by atoms with Crippen molar-refractivity contribution in [2.24, 2.45) is 0 Å². The average Bonchev–Trinajstić information content (AvgIpc) is 2.94. The number of nitrogens with zero attached hydrogens (tertiary/aromatic N) is 3. The number of hydrogen-bond acceptors (Lipinski definition) is 6. The van der Waals surface area contributed by atoms with E-state index in [1.54, 1.807) is 16.1 Å². The van der Waals surface area contributed by atoms with Crippen molar-refractivity contribution in [2.45, 2.75) is 26.5 Å². The molecule has 0 unspecified atom stereocenters. The van der Waals surface area contributed by atoms with E-state index in [0.717, 1.165) is 0 Å². The van der Waals surface area contributed by atoms with E-state index in [4.69, 9.17) is 10.5 Å². The molecule has 2 rings (SSSR count). The van der Waals surface area contributed by atoms with Crippen LogP contribution >= 0.6 is 11.3 Å². The zero-order valence-corrected chi connectivity index (χ0v) is 11.0. The zero-order valence-electron chi connectivity index (χ0n) is 10.2. The number of esters is 1. The maximum absolute atomic E-state index is 11.8. The lowest BCUT2D eigenvalue weighted by molar-refractivity contribution is 0.0462. The number of nitrogen functional groups attached to an aromatic ring is 1. The normalized spacial score (nSPS) is 10.8. The maximum Gasteiger partial charge on any atom is 0.350 e. The summed E-state index contributed by atoms with van der Waals surface area (Å²) in [6, 6.07) is 1.85. The summed E-state index contributed by atoms with van der Waals surface area (Å²) in [4.78, 5) is 16.2. The first kappa shape index (κ1) is 12.6. The van der Waals surface area contributed by atoms with Crippen LogP contribution in [0.3, 0.4) is 0 Å². The molecule has 2 N–H and O–H groups in total. The van der Waals surface area contributed by atoms with Crippen LogP contribution in [0, 0.1) is 0 Å². The molecule has 0 aliphatic carbocycles. The second kappa shape index (κ2) is 5.18. The van der Waals surface area contributed by atoms with E-state index in [0.29, 0.717) is 16.4 Å². The lowest BCUT2D eigenvalue weighted by atomic mass is 10.4. The fraction of sp³-hybridized carbons (Fsp3) is 0.364. The largest absolute Gasteiger partial charge is 0.453 e. The molecule has 6 nitrogen and oxygen atoms in total. The fourth-order valence-electron chi connectivity index (χ4n) is 1.49. The van der Waals surface area contributed by atoms with Crippen molar-refractivity contribution in [3.63, 3.8) is 0 Å². The van der Waals surface area contributed by atoms with Crippen molar-refractivity contribution in [2.75, 3.05) is 5.73 Å². The molecule has 96 valence electrons. The van der Waals surface area contributed by atoms with E-state index in [-0.39, 0.29) is 12.6 Å². The fourth-order valence-corrected chi connectivity index (χ4v) is 2.20. The molecule has 0 fully saturated rings. The second-order valence-corrected chi connectivity index (χ2v) is 4.91. The van der Waals surface area contributed by atoms with Crippen LogP contribution in [0.25, 0.3) is 0 Å². The van der Waals surface area contributed by atoms with Crippen molar-refractivity contribution >= 4 is 23.0 Å². The second-order valence-electron chi connectivity index (χ2n) is 4.00. The van der Waals surface area contributed by atoms with Crippen LogP contribution in [-0.2, 0) is 11.3 Å². The van der Waals surface area contributed by atoms with Crippen molar-refractivity contribution in [3.05, 3.63) is 28.5 Å². The van der Waals surface area contributed by atoms with Crippen molar-refractivity contribution in [3.8, 4) is 0 Å². The van der Waals surface area contributed by atoms with E-state index < -0.39 is 5.97 Å². The van der Waals surface area contributed by atoms with Gasteiger partial charge in [-0.15, -0.1) is 11.3 Å². The summed E-state index contributed by atoms with van der Waals surface area (Å²) in [6.07, 6.45) is 1.45. The first-order valence-corrected chi connectivity index (χ1v) is 6.36. The Bertz CT molecular complexity index is 547. The molecule has 0 aromatic carbocycles.